The Bertz CT molecular complexity index is 148. The summed E-state index contributed by atoms with van der Waals surface area (Å²) >= 11 is 1.71. The first-order chi connectivity index (χ1) is 5.48. The van der Waals surface area contributed by atoms with Gasteiger partial charge in [0.1, 0.15) is 0 Å². The summed E-state index contributed by atoms with van der Waals surface area (Å²) in [5.41, 5.74) is 5.19. The van der Waals surface area contributed by atoms with Gasteiger partial charge >= 0.3 is 5.97 Å². The highest BCUT2D eigenvalue weighted by Crippen LogP contribution is 2.14. The molecule has 1 atom stereocenters. The van der Waals surface area contributed by atoms with Gasteiger partial charge in [0.15, 0.2) is 0 Å². The van der Waals surface area contributed by atoms with Crippen molar-refractivity contribution in [2.24, 2.45) is 5.73 Å². The Hall–Kier alpha value is -0.220. The number of hydrogen-bond acceptors (Lipinski definition) is 3. The monoisotopic (exact) mass is 191 g/mol. The summed E-state index contributed by atoms with van der Waals surface area (Å²) < 4.78 is 0. The average molecular weight is 191 g/mol. The lowest BCUT2D eigenvalue weighted by Crippen LogP contribution is -2.41. The van der Waals surface area contributed by atoms with E-state index < -0.39 is 11.5 Å². The van der Waals surface area contributed by atoms with E-state index in [1.54, 1.807) is 18.7 Å². The van der Waals surface area contributed by atoms with E-state index in [9.17, 15) is 4.79 Å². The number of aliphatic carboxylic acids is 1. The second-order valence-electron chi connectivity index (χ2n) is 3.28. The number of carboxylic acid groups (broad SMARTS) is 1. The fourth-order valence-electron chi connectivity index (χ4n) is 0.846. The fraction of sp³-hybridized carbons (Fsp3) is 0.875. The maximum absolute atomic E-state index is 10.4. The molecule has 0 spiro atoms. The molecule has 0 aromatic carbocycles. The lowest BCUT2D eigenvalue weighted by molar-refractivity contribution is -0.138. The molecule has 0 saturated carbocycles. The molecule has 0 aliphatic rings. The normalized spacial score (nSPS) is 15.6. The van der Waals surface area contributed by atoms with Crippen LogP contribution in [0.15, 0.2) is 0 Å². The van der Waals surface area contributed by atoms with Gasteiger partial charge in [0.25, 0.3) is 0 Å². The van der Waals surface area contributed by atoms with Gasteiger partial charge in [-0.15, -0.1) is 0 Å². The van der Waals surface area contributed by atoms with Gasteiger partial charge in [-0.05, 0) is 19.1 Å². The van der Waals surface area contributed by atoms with Crippen LogP contribution < -0.4 is 5.73 Å². The summed E-state index contributed by atoms with van der Waals surface area (Å²) in [6.07, 6.45) is 1.15. The summed E-state index contributed by atoms with van der Waals surface area (Å²) in [6.45, 7) is 3.88. The van der Waals surface area contributed by atoms with Crippen molar-refractivity contribution in [3.8, 4) is 0 Å². The van der Waals surface area contributed by atoms with Crippen LogP contribution >= 0.6 is 11.8 Å². The van der Waals surface area contributed by atoms with E-state index >= 15 is 0 Å². The summed E-state index contributed by atoms with van der Waals surface area (Å²) in [5, 5.41) is 8.52. The third-order valence-electron chi connectivity index (χ3n) is 1.34. The van der Waals surface area contributed by atoms with E-state index in [1.165, 1.54) is 0 Å². The second kappa shape index (κ2) is 5.43. The van der Waals surface area contributed by atoms with E-state index in [1.807, 2.05) is 0 Å². The standard InChI is InChI=1S/C8H17NO2S/c1-3-4-12-6-8(2,9)5-7(10)11/h3-6,9H2,1-2H3,(H,10,11). The molecule has 0 radical (unpaired) electrons. The molecule has 72 valence electrons. The molecule has 1 unspecified atom stereocenters. The Morgan fingerprint density at radius 2 is 2.25 bits per heavy atom. The van der Waals surface area contributed by atoms with Gasteiger partial charge in [-0.25, -0.2) is 0 Å². The predicted octanol–water partition coefficient (Wildman–Crippen LogP) is 1.32. The van der Waals surface area contributed by atoms with Crippen LogP contribution in [0, 0.1) is 0 Å². The van der Waals surface area contributed by atoms with Crippen LogP contribution in [0.1, 0.15) is 26.7 Å². The molecule has 0 aromatic heterocycles. The lowest BCUT2D eigenvalue weighted by Gasteiger charge is -2.21. The minimum atomic E-state index is -0.822. The molecule has 3 N–H and O–H groups in total. The summed E-state index contributed by atoms with van der Waals surface area (Å²) in [4.78, 5) is 10.4. The van der Waals surface area contributed by atoms with Gasteiger partial charge in [-0.1, -0.05) is 6.92 Å². The predicted molar refractivity (Wildman–Crippen MR) is 52.5 cm³/mol. The summed E-state index contributed by atoms with van der Waals surface area (Å²) in [5.74, 6) is 0.941. The molecule has 0 aromatic rings. The van der Waals surface area contributed by atoms with Crippen LogP contribution in [-0.4, -0.2) is 28.1 Å². The molecule has 0 bridgehead atoms. The minimum absolute atomic E-state index is 0.0454. The van der Waals surface area contributed by atoms with Gasteiger partial charge < -0.3 is 10.8 Å². The van der Waals surface area contributed by atoms with Crippen LogP contribution in [0.4, 0.5) is 0 Å². The highest BCUT2D eigenvalue weighted by molar-refractivity contribution is 7.99. The Balaban J connectivity index is 3.63. The number of carbonyl (C=O) groups is 1. The quantitative estimate of drug-likeness (QED) is 0.622. The zero-order valence-corrected chi connectivity index (χ0v) is 8.49. The molecule has 0 amide bonds. The zero-order valence-electron chi connectivity index (χ0n) is 7.67. The van der Waals surface area contributed by atoms with Crippen LogP contribution in [0.3, 0.4) is 0 Å². The maximum atomic E-state index is 10.4. The highest BCUT2D eigenvalue weighted by atomic mass is 32.2. The smallest absolute Gasteiger partial charge is 0.305 e. The van der Waals surface area contributed by atoms with Crippen molar-refractivity contribution in [3.63, 3.8) is 0 Å². The fourth-order valence-corrected chi connectivity index (χ4v) is 1.85. The number of hydrogen-bond donors (Lipinski definition) is 2. The van der Waals surface area contributed by atoms with Gasteiger partial charge in [0.2, 0.25) is 0 Å². The summed E-state index contributed by atoms with van der Waals surface area (Å²) in [6, 6.07) is 0. The molecular weight excluding hydrogens is 174 g/mol. The first-order valence-electron chi connectivity index (χ1n) is 4.06. The van der Waals surface area contributed by atoms with Crippen molar-refractivity contribution < 1.29 is 9.90 Å². The number of carboxylic acids is 1. The van der Waals surface area contributed by atoms with Crippen molar-refractivity contribution in [2.75, 3.05) is 11.5 Å². The maximum Gasteiger partial charge on any atom is 0.305 e. The zero-order chi connectivity index (χ0) is 9.61. The SMILES string of the molecule is CCCSCC(C)(N)CC(=O)O. The number of thioether (sulfide) groups is 1. The van der Waals surface area contributed by atoms with E-state index in [0.29, 0.717) is 5.75 Å². The minimum Gasteiger partial charge on any atom is -0.481 e. The molecule has 0 fully saturated rings. The van der Waals surface area contributed by atoms with Crippen molar-refractivity contribution in [1.82, 2.24) is 0 Å². The van der Waals surface area contributed by atoms with E-state index in [0.717, 1.165) is 12.2 Å². The number of nitrogens with two attached hydrogens (primary N) is 1. The lowest BCUT2D eigenvalue weighted by atomic mass is 10.0. The van der Waals surface area contributed by atoms with Crippen molar-refractivity contribution in [3.05, 3.63) is 0 Å². The van der Waals surface area contributed by atoms with Crippen molar-refractivity contribution >= 4 is 17.7 Å². The molecule has 12 heavy (non-hydrogen) atoms. The molecule has 0 aliphatic heterocycles. The molecule has 0 saturated heterocycles. The second-order valence-corrected chi connectivity index (χ2v) is 4.38. The average Bonchev–Trinajstić information content (AvgIpc) is 1.84. The van der Waals surface area contributed by atoms with E-state index in [4.69, 9.17) is 10.8 Å². The highest BCUT2D eigenvalue weighted by Gasteiger charge is 2.21. The van der Waals surface area contributed by atoms with Crippen LogP contribution in [0.5, 0.6) is 0 Å². The largest absolute Gasteiger partial charge is 0.481 e. The Labute approximate surface area is 77.7 Å². The molecule has 0 aliphatic carbocycles. The van der Waals surface area contributed by atoms with Gasteiger partial charge in [0.05, 0.1) is 6.42 Å². The van der Waals surface area contributed by atoms with Crippen LogP contribution in [0.2, 0.25) is 0 Å². The third-order valence-corrected chi connectivity index (χ3v) is 2.90. The Morgan fingerprint density at radius 1 is 1.67 bits per heavy atom. The van der Waals surface area contributed by atoms with Crippen LogP contribution in [-0.2, 0) is 4.79 Å². The first-order valence-corrected chi connectivity index (χ1v) is 5.22. The molecular formula is C8H17NO2S. The summed E-state index contributed by atoms with van der Waals surface area (Å²) in [7, 11) is 0. The van der Waals surface area contributed by atoms with Crippen molar-refractivity contribution in [1.29, 1.82) is 0 Å². The molecule has 3 nitrogen and oxygen atoms in total. The van der Waals surface area contributed by atoms with E-state index in [-0.39, 0.29) is 6.42 Å². The van der Waals surface area contributed by atoms with E-state index in [2.05, 4.69) is 6.92 Å². The van der Waals surface area contributed by atoms with Crippen molar-refractivity contribution in [2.45, 2.75) is 32.2 Å². The Kier molecular flexibility index (Phi) is 5.33. The van der Waals surface area contributed by atoms with Gasteiger partial charge in [0, 0.05) is 11.3 Å². The number of rotatable bonds is 6. The molecule has 4 heteroatoms. The van der Waals surface area contributed by atoms with Crippen LogP contribution in [0.25, 0.3) is 0 Å². The Morgan fingerprint density at radius 3 is 2.67 bits per heavy atom. The topological polar surface area (TPSA) is 63.3 Å². The first kappa shape index (κ1) is 11.8. The third kappa shape index (κ3) is 6.49. The molecule has 0 rings (SSSR count). The van der Waals surface area contributed by atoms with Gasteiger partial charge in [-0.3, -0.25) is 4.79 Å². The van der Waals surface area contributed by atoms with Gasteiger partial charge in [-0.2, -0.15) is 11.8 Å². The molecule has 0 heterocycles.